The third-order valence-corrected chi connectivity index (χ3v) is 2.19. The summed E-state index contributed by atoms with van der Waals surface area (Å²) < 4.78 is 0. The van der Waals surface area contributed by atoms with Crippen LogP contribution in [0.3, 0.4) is 0 Å². The highest BCUT2D eigenvalue weighted by Gasteiger charge is 2.11. The summed E-state index contributed by atoms with van der Waals surface area (Å²) in [5.41, 5.74) is 5.11. The molecule has 1 rings (SSSR count). The van der Waals surface area contributed by atoms with Gasteiger partial charge in [0.1, 0.15) is 16.8 Å². The summed E-state index contributed by atoms with van der Waals surface area (Å²) in [6.45, 7) is 4.05. The first-order valence-electron chi connectivity index (χ1n) is 4.94. The molecule has 0 saturated carbocycles. The van der Waals surface area contributed by atoms with Crippen LogP contribution in [0.2, 0.25) is 5.15 Å². The van der Waals surface area contributed by atoms with Crippen LogP contribution in [0.15, 0.2) is 6.07 Å². The Bertz CT molecular complexity index is 394. The summed E-state index contributed by atoms with van der Waals surface area (Å²) in [4.78, 5) is 20.8. The van der Waals surface area contributed by atoms with Crippen LogP contribution in [0.4, 0.5) is 5.82 Å². The lowest BCUT2D eigenvalue weighted by atomic mass is 10.2. The van der Waals surface area contributed by atoms with E-state index >= 15 is 0 Å². The summed E-state index contributed by atoms with van der Waals surface area (Å²) in [6.07, 6.45) is 0. The molecule has 0 spiro atoms. The van der Waals surface area contributed by atoms with Gasteiger partial charge in [0.2, 0.25) is 5.91 Å². The molecule has 0 aliphatic heterocycles. The number of rotatable bonds is 4. The summed E-state index contributed by atoms with van der Waals surface area (Å²) in [7, 11) is 1.73. The van der Waals surface area contributed by atoms with Gasteiger partial charge in [-0.15, -0.1) is 0 Å². The van der Waals surface area contributed by atoms with Gasteiger partial charge < -0.3 is 10.6 Å². The minimum Gasteiger partial charge on any atom is -0.368 e. The van der Waals surface area contributed by atoms with Crippen LogP contribution in [-0.2, 0) is 4.79 Å². The lowest BCUT2D eigenvalue weighted by Gasteiger charge is -2.17. The van der Waals surface area contributed by atoms with Crippen LogP contribution in [0, 0.1) is 0 Å². The van der Waals surface area contributed by atoms with E-state index in [1.165, 1.54) is 0 Å². The number of aromatic nitrogens is 2. The fourth-order valence-corrected chi connectivity index (χ4v) is 1.38. The first-order valence-corrected chi connectivity index (χ1v) is 5.32. The average molecular weight is 243 g/mol. The molecule has 0 aliphatic rings. The fourth-order valence-electron chi connectivity index (χ4n) is 1.19. The molecule has 1 amide bonds. The Kier molecular flexibility index (Phi) is 4.06. The van der Waals surface area contributed by atoms with E-state index in [-0.39, 0.29) is 12.5 Å². The molecule has 0 aromatic carbocycles. The van der Waals surface area contributed by atoms with E-state index in [9.17, 15) is 4.79 Å². The number of hydrogen-bond acceptors (Lipinski definition) is 4. The number of primary amides is 1. The predicted octanol–water partition coefficient (Wildman–Crippen LogP) is 1.17. The van der Waals surface area contributed by atoms with Gasteiger partial charge >= 0.3 is 0 Å². The smallest absolute Gasteiger partial charge is 0.236 e. The molecule has 0 saturated heterocycles. The Hall–Kier alpha value is -1.36. The van der Waals surface area contributed by atoms with E-state index in [1.54, 1.807) is 18.0 Å². The zero-order valence-electron chi connectivity index (χ0n) is 9.57. The van der Waals surface area contributed by atoms with Crippen molar-refractivity contribution in [3.63, 3.8) is 0 Å². The van der Waals surface area contributed by atoms with E-state index < -0.39 is 5.91 Å². The zero-order chi connectivity index (χ0) is 12.3. The quantitative estimate of drug-likeness (QED) is 0.805. The Labute approximate surface area is 99.6 Å². The van der Waals surface area contributed by atoms with Crippen molar-refractivity contribution in [1.29, 1.82) is 0 Å². The Morgan fingerprint density at radius 2 is 2.19 bits per heavy atom. The minimum absolute atomic E-state index is 0.102. The van der Waals surface area contributed by atoms with Crippen LogP contribution in [0.1, 0.15) is 25.6 Å². The molecule has 5 nitrogen and oxygen atoms in total. The maximum absolute atomic E-state index is 10.8. The van der Waals surface area contributed by atoms with Crippen molar-refractivity contribution in [2.24, 2.45) is 5.73 Å². The van der Waals surface area contributed by atoms with Gasteiger partial charge in [-0.1, -0.05) is 25.4 Å². The molecular formula is C10H15ClN4O. The normalized spacial score (nSPS) is 10.6. The Morgan fingerprint density at radius 3 is 2.69 bits per heavy atom. The summed E-state index contributed by atoms with van der Waals surface area (Å²) in [6, 6.07) is 1.61. The number of nitrogens with two attached hydrogens (primary N) is 1. The van der Waals surface area contributed by atoms with Crippen LogP contribution in [0.25, 0.3) is 0 Å². The molecule has 16 heavy (non-hydrogen) atoms. The van der Waals surface area contributed by atoms with Gasteiger partial charge in [0.15, 0.2) is 0 Å². The highest BCUT2D eigenvalue weighted by atomic mass is 35.5. The lowest BCUT2D eigenvalue weighted by molar-refractivity contribution is -0.116. The number of carbonyl (C=O) groups excluding carboxylic acids is 1. The van der Waals surface area contributed by atoms with Crippen LogP contribution in [0.5, 0.6) is 0 Å². The Morgan fingerprint density at radius 1 is 1.56 bits per heavy atom. The highest BCUT2D eigenvalue weighted by molar-refractivity contribution is 6.29. The van der Waals surface area contributed by atoms with Crippen LogP contribution in [-0.4, -0.2) is 29.5 Å². The second-order valence-electron chi connectivity index (χ2n) is 3.88. The molecule has 6 heteroatoms. The molecule has 0 bridgehead atoms. The number of anilines is 1. The number of amides is 1. The summed E-state index contributed by atoms with van der Waals surface area (Å²) in [5.74, 6) is 1.02. The molecule has 2 N–H and O–H groups in total. The van der Waals surface area contributed by atoms with Crippen molar-refractivity contribution < 1.29 is 4.79 Å². The lowest BCUT2D eigenvalue weighted by Crippen LogP contribution is -2.31. The van der Waals surface area contributed by atoms with Crippen molar-refractivity contribution in [1.82, 2.24) is 9.97 Å². The predicted molar refractivity (Wildman–Crippen MR) is 63.6 cm³/mol. The third kappa shape index (κ3) is 3.34. The topological polar surface area (TPSA) is 72.1 Å². The maximum Gasteiger partial charge on any atom is 0.236 e. The molecule has 0 atom stereocenters. The van der Waals surface area contributed by atoms with E-state index in [4.69, 9.17) is 17.3 Å². The first-order chi connectivity index (χ1) is 7.40. The Balaban J connectivity index is 2.99. The van der Waals surface area contributed by atoms with Crippen LogP contribution < -0.4 is 10.6 Å². The third-order valence-electron chi connectivity index (χ3n) is 2.00. The van der Waals surface area contributed by atoms with Gasteiger partial charge in [0.05, 0.1) is 6.54 Å². The van der Waals surface area contributed by atoms with Crippen molar-refractivity contribution >= 4 is 23.3 Å². The maximum atomic E-state index is 10.8. The van der Waals surface area contributed by atoms with E-state index in [1.807, 2.05) is 13.8 Å². The number of likely N-dealkylation sites (N-methyl/N-ethyl adjacent to an activating group) is 1. The van der Waals surface area contributed by atoms with Gasteiger partial charge in [0.25, 0.3) is 0 Å². The second kappa shape index (κ2) is 5.12. The van der Waals surface area contributed by atoms with Gasteiger partial charge in [-0.3, -0.25) is 4.79 Å². The summed E-state index contributed by atoms with van der Waals surface area (Å²) >= 11 is 5.88. The number of carbonyl (C=O) groups is 1. The number of hydrogen-bond donors (Lipinski definition) is 1. The van der Waals surface area contributed by atoms with E-state index in [0.29, 0.717) is 16.8 Å². The van der Waals surface area contributed by atoms with Gasteiger partial charge in [-0.2, -0.15) is 0 Å². The molecule has 0 aliphatic carbocycles. The fraction of sp³-hybridized carbons (Fsp3) is 0.500. The molecule has 1 heterocycles. The number of halogens is 1. The molecule has 1 aromatic rings. The first kappa shape index (κ1) is 12.7. The van der Waals surface area contributed by atoms with Crippen molar-refractivity contribution in [2.45, 2.75) is 19.8 Å². The van der Waals surface area contributed by atoms with E-state index in [2.05, 4.69) is 9.97 Å². The van der Waals surface area contributed by atoms with Gasteiger partial charge in [0, 0.05) is 19.0 Å². The molecule has 88 valence electrons. The van der Waals surface area contributed by atoms with Crippen molar-refractivity contribution in [3.8, 4) is 0 Å². The number of nitrogens with zero attached hydrogens (tertiary/aromatic N) is 3. The molecular weight excluding hydrogens is 228 g/mol. The van der Waals surface area contributed by atoms with Crippen molar-refractivity contribution in [3.05, 3.63) is 17.0 Å². The van der Waals surface area contributed by atoms with Gasteiger partial charge in [-0.25, -0.2) is 9.97 Å². The SMILES string of the molecule is CC(C)c1nc(Cl)cc(N(C)CC(N)=O)n1. The zero-order valence-corrected chi connectivity index (χ0v) is 10.3. The molecule has 0 fully saturated rings. The largest absolute Gasteiger partial charge is 0.368 e. The monoisotopic (exact) mass is 242 g/mol. The van der Waals surface area contributed by atoms with Crippen molar-refractivity contribution in [2.75, 3.05) is 18.5 Å². The van der Waals surface area contributed by atoms with Crippen LogP contribution >= 0.6 is 11.6 Å². The minimum atomic E-state index is -0.414. The average Bonchev–Trinajstić information content (AvgIpc) is 2.15. The molecule has 0 radical (unpaired) electrons. The van der Waals surface area contributed by atoms with Gasteiger partial charge in [-0.05, 0) is 0 Å². The standard InChI is InChI=1S/C10H15ClN4O/c1-6(2)10-13-7(11)4-9(14-10)15(3)5-8(12)16/h4,6H,5H2,1-3H3,(H2,12,16). The summed E-state index contributed by atoms with van der Waals surface area (Å²) in [5, 5.41) is 0.366. The molecule has 0 unspecified atom stereocenters. The second-order valence-corrected chi connectivity index (χ2v) is 4.27. The molecule has 1 aromatic heterocycles. The van der Waals surface area contributed by atoms with E-state index in [0.717, 1.165) is 0 Å². The highest BCUT2D eigenvalue weighted by Crippen LogP contribution is 2.18.